The number of rotatable bonds is 6. The Labute approximate surface area is 139 Å². The molecular weight excluding hydrogens is 307 g/mol. The fourth-order valence-electron chi connectivity index (χ4n) is 2.80. The molecule has 0 aliphatic rings. The topological polar surface area (TPSA) is 65.1 Å². The van der Waals surface area contributed by atoms with Gasteiger partial charge in [-0.25, -0.2) is 4.39 Å². The molecule has 0 aliphatic carbocycles. The standard InChI is InChI=1S/C19H19FN2O2/c20-15-7-8-16-14(11-21-17(16)10-15)6-9-19(24)22-18(12-23)13-4-2-1-3-5-13/h1-5,7-8,10-11,18,21,23H,6,9,12H2,(H,22,24). The van der Waals surface area contributed by atoms with Gasteiger partial charge in [0, 0.05) is 23.5 Å². The Morgan fingerprint density at radius 1 is 1.21 bits per heavy atom. The van der Waals surface area contributed by atoms with E-state index in [1.807, 2.05) is 30.3 Å². The van der Waals surface area contributed by atoms with Gasteiger partial charge in [0.15, 0.2) is 0 Å². The number of carbonyl (C=O) groups excluding carboxylic acids is 1. The molecule has 0 saturated carbocycles. The quantitative estimate of drug-likeness (QED) is 0.652. The van der Waals surface area contributed by atoms with Crippen molar-refractivity contribution in [3.05, 3.63) is 71.7 Å². The number of amides is 1. The molecule has 3 rings (SSSR count). The summed E-state index contributed by atoms with van der Waals surface area (Å²) in [6, 6.07) is 13.5. The SMILES string of the molecule is O=C(CCc1c[nH]c2cc(F)ccc12)NC(CO)c1ccccc1. The molecule has 4 nitrogen and oxygen atoms in total. The van der Waals surface area contributed by atoms with E-state index in [2.05, 4.69) is 10.3 Å². The highest BCUT2D eigenvalue weighted by molar-refractivity contribution is 5.84. The zero-order valence-corrected chi connectivity index (χ0v) is 13.1. The van der Waals surface area contributed by atoms with Gasteiger partial charge in [0.1, 0.15) is 5.82 Å². The Hall–Kier alpha value is -2.66. The van der Waals surface area contributed by atoms with Gasteiger partial charge in [0.05, 0.1) is 12.6 Å². The van der Waals surface area contributed by atoms with E-state index in [0.29, 0.717) is 12.8 Å². The average molecular weight is 326 g/mol. The van der Waals surface area contributed by atoms with E-state index in [9.17, 15) is 14.3 Å². The molecule has 5 heteroatoms. The van der Waals surface area contributed by atoms with E-state index in [4.69, 9.17) is 0 Å². The van der Waals surface area contributed by atoms with Crippen LogP contribution in [-0.4, -0.2) is 22.6 Å². The van der Waals surface area contributed by atoms with Crippen molar-refractivity contribution in [3.8, 4) is 0 Å². The molecule has 0 spiro atoms. The summed E-state index contributed by atoms with van der Waals surface area (Å²) in [5.74, 6) is -0.420. The number of carbonyl (C=O) groups is 1. The minimum absolute atomic E-state index is 0.130. The smallest absolute Gasteiger partial charge is 0.220 e. The summed E-state index contributed by atoms with van der Waals surface area (Å²) in [6.07, 6.45) is 2.65. The molecule has 1 amide bonds. The first-order valence-corrected chi connectivity index (χ1v) is 7.88. The lowest BCUT2D eigenvalue weighted by Crippen LogP contribution is -2.30. The molecule has 1 heterocycles. The number of hydrogen-bond donors (Lipinski definition) is 3. The van der Waals surface area contributed by atoms with Crippen molar-refractivity contribution >= 4 is 16.8 Å². The summed E-state index contributed by atoms with van der Waals surface area (Å²) >= 11 is 0. The Bertz CT molecular complexity index is 830. The van der Waals surface area contributed by atoms with Gasteiger partial charge < -0.3 is 15.4 Å². The number of nitrogens with one attached hydrogen (secondary N) is 2. The Morgan fingerprint density at radius 2 is 2.00 bits per heavy atom. The number of H-pyrrole nitrogens is 1. The highest BCUT2D eigenvalue weighted by Crippen LogP contribution is 2.20. The highest BCUT2D eigenvalue weighted by Gasteiger charge is 2.14. The number of fused-ring (bicyclic) bond motifs is 1. The molecule has 3 N–H and O–H groups in total. The van der Waals surface area contributed by atoms with Gasteiger partial charge in [-0.05, 0) is 35.7 Å². The number of aromatic amines is 1. The van der Waals surface area contributed by atoms with Crippen LogP contribution in [0.5, 0.6) is 0 Å². The molecule has 3 aromatic rings. The maximum atomic E-state index is 13.2. The van der Waals surface area contributed by atoms with Crippen molar-refractivity contribution in [2.75, 3.05) is 6.61 Å². The lowest BCUT2D eigenvalue weighted by molar-refractivity contribution is -0.122. The fraction of sp³-hybridized carbons (Fsp3) is 0.211. The lowest BCUT2D eigenvalue weighted by Gasteiger charge is -2.16. The summed E-state index contributed by atoms with van der Waals surface area (Å²) in [5.41, 5.74) is 2.57. The predicted molar refractivity (Wildman–Crippen MR) is 91.0 cm³/mol. The van der Waals surface area contributed by atoms with Crippen LogP contribution in [-0.2, 0) is 11.2 Å². The molecule has 0 radical (unpaired) electrons. The molecule has 124 valence electrons. The normalized spacial score (nSPS) is 12.2. The number of benzene rings is 2. The third-order valence-electron chi connectivity index (χ3n) is 4.07. The Balaban J connectivity index is 1.62. The second-order valence-electron chi connectivity index (χ2n) is 5.72. The molecule has 2 aromatic carbocycles. The first-order valence-electron chi connectivity index (χ1n) is 7.88. The number of aliphatic hydroxyl groups excluding tert-OH is 1. The van der Waals surface area contributed by atoms with Crippen molar-refractivity contribution in [3.63, 3.8) is 0 Å². The minimum Gasteiger partial charge on any atom is -0.394 e. The number of aryl methyl sites for hydroxylation is 1. The van der Waals surface area contributed by atoms with E-state index < -0.39 is 6.04 Å². The van der Waals surface area contributed by atoms with E-state index in [0.717, 1.165) is 22.0 Å². The molecule has 0 aliphatic heterocycles. The number of aromatic nitrogens is 1. The summed E-state index contributed by atoms with van der Waals surface area (Å²) in [5, 5.41) is 13.3. The van der Waals surface area contributed by atoms with Crippen LogP contribution in [0.15, 0.2) is 54.7 Å². The third kappa shape index (κ3) is 3.63. The average Bonchev–Trinajstić information content (AvgIpc) is 3.00. The van der Waals surface area contributed by atoms with Gasteiger partial charge in [0.2, 0.25) is 5.91 Å². The van der Waals surface area contributed by atoms with Crippen molar-refractivity contribution in [2.45, 2.75) is 18.9 Å². The molecule has 0 bridgehead atoms. The lowest BCUT2D eigenvalue weighted by atomic mass is 10.1. The zero-order valence-electron chi connectivity index (χ0n) is 13.1. The van der Waals surface area contributed by atoms with Crippen molar-refractivity contribution in [1.29, 1.82) is 0 Å². The van der Waals surface area contributed by atoms with E-state index >= 15 is 0 Å². The van der Waals surface area contributed by atoms with Gasteiger partial charge in [-0.2, -0.15) is 0 Å². The van der Waals surface area contributed by atoms with Gasteiger partial charge in [-0.1, -0.05) is 30.3 Å². The molecule has 24 heavy (non-hydrogen) atoms. The van der Waals surface area contributed by atoms with Gasteiger partial charge >= 0.3 is 0 Å². The van der Waals surface area contributed by atoms with Crippen LogP contribution in [0.2, 0.25) is 0 Å². The highest BCUT2D eigenvalue weighted by atomic mass is 19.1. The third-order valence-corrected chi connectivity index (χ3v) is 4.07. The first-order chi connectivity index (χ1) is 11.7. The predicted octanol–water partition coefficient (Wildman–Crippen LogP) is 3.09. The van der Waals surface area contributed by atoms with E-state index in [1.54, 1.807) is 12.3 Å². The maximum Gasteiger partial charge on any atom is 0.220 e. The van der Waals surface area contributed by atoms with E-state index in [-0.39, 0.29) is 18.3 Å². The van der Waals surface area contributed by atoms with Gasteiger partial charge in [0.25, 0.3) is 0 Å². The van der Waals surface area contributed by atoms with Crippen LogP contribution in [0, 0.1) is 5.82 Å². The second kappa shape index (κ2) is 7.27. The molecule has 1 aromatic heterocycles. The molecule has 0 fully saturated rings. The fourth-order valence-corrected chi connectivity index (χ4v) is 2.80. The number of halogens is 1. The van der Waals surface area contributed by atoms with Gasteiger partial charge in [-0.15, -0.1) is 0 Å². The summed E-state index contributed by atoms with van der Waals surface area (Å²) in [4.78, 5) is 15.2. The number of hydrogen-bond acceptors (Lipinski definition) is 2. The monoisotopic (exact) mass is 326 g/mol. The van der Waals surface area contributed by atoms with Crippen LogP contribution in [0.3, 0.4) is 0 Å². The Kier molecular flexibility index (Phi) is 4.91. The largest absolute Gasteiger partial charge is 0.394 e. The maximum absolute atomic E-state index is 13.2. The van der Waals surface area contributed by atoms with Crippen LogP contribution < -0.4 is 5.32 Å². The van der Waals surface area contributed by atoms with E-state index in [1.165, 1.54) is 12.1 Å². The minimum atomic E-state index is -0.407. The van der Waals surface area contributed by atoms with Crippen LogP contribution >= 0.6 is 0 Å². The van der Waals surface area contributed by atoms with Crippen LogP contribution in [0.4, 0.5) is 4.39 Å². The summed E-state index contributed by atoms with van der Waals surface area (Å²) < 4.78 is 13.2. The second-order valence-corrected chi connectivity index (χ2v) is 5.72. The van der Waals surface area contributed by atoms with Gasteiger partial charge in [-0.3, -0.25) is 4.79 Å². The number of aliphatic hydroxyl groups is 1. The molecule has 1 unspecified atom stereocenters. The van der Waals surface area contributed by atoms with Crippen LogP contribution in [0.1, 0.15) is 23.6 Å². The van der Waals surface area contributed by atoms with Crippen molar-refractivity contribution in [2.24, 2.45) is 0 Å². The first kappa shape index (κ1) is 16.2. The summed E-state index contributed by atoms with van der Waals surface area (Å²) in [6.45, 7) is -0.151. The van der Waals surface area contributed by atoms with Crippen molar-refractivity contribution in [1.82, 2.24) is 10.3 Å². The Morgan fingerprint density at radius 3 is 2.75 bits per heavy atom. The van der Waals surface area contributed by atoms with Crippen LogP contribution in [0.25, 0.3) is 10.9 Å². The summed E-state index contributed by atoms with van der Waals surface area (Å²) in [7, 11) is 0. The molecular formula is C19H19FN2O2. The molecule has 1 atom stereocenters. The zero-order chi connectivity index (χ0) is 16.9. The van der Waals surface area contributed by atoms with Crippen molar-refractivity contribution < 1.29 is 14.3 Å². The molecule has 0 saturated heterocycles.